The predicted molar refractivity (Wildman–Crippen MR) is 126 cm³/mol. The molecule has 4 nitrogen and oxygen atoms in total. The van der Waals surface area contributed by atoms with Crippen LogP contribution >= 0.6 is 0 Å². The molecule has 1 aliphatic carbocycles. The first-order valence-electron chi connectivity index (χ1n) is 11.5. The SMILES string of the molecule is CC(C)(C)c1cccc(CN[C@@H]2CCCC[C@H]2NCc2cccc(C(C)(C)C)n2)n1. The maximum Gasteiger partial charge on any atom is 0.0545 e. The van der Waals surface area contributed by atoms with Crippen molar-refractivity contribution in [3.63, 3.8) is 0 Å². The van der Waals surface area contributed by atoms with Crippen molar-refractivity contribution in [2.24, 2.45) is 0 Å². The lowest BCUT2D eigenvalue weighted by atomic mass is 9.89. The van der Waals surface area contributed by atoms with Gasteiger partial charge in [-0.05, 0) is 37.1 Å². The van der Waals surface area contributed by atoms with Gasteiger partial charge < -0.3 is 10.6 Å². The number of aromatic nitrogens is 2. The first-order chi connectivity index (χ1) is 14.1. The minimum absolute atomic E-state index is 0.0829. The summed E-state index contributed by atoms with van der Waals surface area (Å²) in [6, 6.07) is 13.8. The summed E-state index contributed by atoms with van der Waals surface area (Å²) in [6.07, 6.45) is 5.02. The summed E-state index contributed by atoms with van der Waals surface area (Å²) in [4.78, 5) is 9.77. The van der Waals surface area contributed by atoms with Crippen molar-refractivity contribution in [3.05, 3.63) is 59.2 Å². The molecule has 0 aromatic carbocycles. The van der Waals surface area contributed by atoms with Crippen LogP contribution in [-0.2, 0) is 23.9 Å². The highest BCUT2D eigenvalue weighted by Crippen LogP contribution is 2.22. The molecule has 0 unspecified atom stereocenters. The maximum absolute atomic E-state index is 4.89. The zero-order valence-corrected chi connectivity index (χ0v) is 19.8. The quantitative estimate of drug-likeness (QED) is 0.684. The van der Waals surface area contributed by atoms with Crippen LogP contribution in [0.25, 0.3) is 0 Å². The smallest absolute Gasteiger partial charge is 0.0545 e. The highest BCUT2D eigenvalue weighted by molar-refractivity contribution is 5.18. The maximum atomic E-state index is 4.89. The molecule has 164 valence electrons. The number of nitrogens with one attached hydrogen (secondary N) is 2. The van der Waals surface area contributed by atoms with E-state index in [0.29, 0.717) is 12.1 Å². The molecule has 2 aromatic rings. The Morgan fingerprint density at radius 3 is 1.47 bits per heavy atom. The molecular weight excluding hydrogens is 368 g/mol. The Morgan fingerprint density at radius 1 is 0.700 bits per heavy atom. The van der Waals surface area contributed by atoms with Crippen molar-refractivity contribution in [1.82, 2.24) is 20.6 Å². The third kappa shape index (κ3) is 6.36. The summed E-state index contributed by atoms with van der Waals surface area (Å²) in [5.74, 6) is 0. The lowest BCUT2D eigenvalue weighted by molar-refractivity contribution is 0.279. The summed E-state index contributed by atoms with van der Waals surface area (Å²) in [6.45, 7) is 15.0. The Bertz CT molecular complexity index is 747. The molecule has 0 saturated heterocycles. The van der Waals surface area contributed by atoms with Gasteiger partial charge in [0.2, 0.25) is 0 Å². The van der Waals surface area contributed by atoms with Gasteiger partial charge in [-0.25, -0.2) is 0 Å². The van der Waals surface area contributed by atoms with Gasteiger partial charge in [0, 0.05) is 47.4 Å². The fraction of sp³-hybridized carbons (Fsp3) is 0.615. The van der Waals surface area contributed by atoms with Crippen LogP contribution in [0.3, 0.4) is 0 Å². The second-order valence-corrected chi connectivity index (χ2v) is 10.8. The molecule has 0 radical (unpaired) electrons. The number of nitrogens with zero attached hydrogens (tertiary/aromatic N) is 2. The Kier molecular flexibility index (Phi) is 7.30. The topological polar surface area (TPSA) is 49.8 Å². The minimum Gasteiger partial charge on any atom is -0.307 e. The van der Waals surface area contributed by atoms with Gasteiger partial charge in [0.15, 0.2) is 0 Å². The van der Waals surface area contributed by atoms with Crippen molar-refractivity contribution >= 4 is 0 Å². The Morgan fingerprint density at radius 2 is 1.10 bits per heavy atom. The molecule has 0 spiro atoms. The predicted octanol–water partition coefficient (Wildman–Crippen LogP) is 5.26. The molecule has 1 saturated carbocycles. The monoisotopic (exact) mass is 408 g/mol. The first-order valence-corrected chi connectivity index (χ1v) is 11.5. The van der Waals surface area contributed by atoms with Crippen molar-refractivity contribution in [3.8, 4) is 0 Å². The second-order valence-electron chi connectivity index (χ2n) is 10.8. The summed E-state index contributed by atoms with van der Waals surface area (Å²) < 4.78 is 0. The van der Waals surface area contributed by atoms with E-state index in [9.17, 15) is 0 Å². The van der Waals surface area contributed by atoms with Gasteiger partial charge >= 0.3 is 0 Å². The Balaban J connectivity index is 1.59. The van der Waals surface area contributed by atoms with E-state index in [2.05, 4.69) is 88.6 Å². The van der Waals surface area contributed by atoms with Gasteiger partial charge in [0.1, 0.15) is 0 Å². The van der Waals surface area contributed by atoms with E-state index in [1.54, 1.807) is 0 Å². The van der Waals surface area contributed by atoms with Crippen LogP contribution < -0.4 is 10.6 Å². The lowest BCUT2D eigenvalue weighted by Crippen LogP contribution is -2.49. The average molecular weight is 409 g/mol. The van der Waals surface area contributed by atoms with Crippen LogP contribution in [0.2, 0.25) is 0 Å². The summed E-state index contributed by atoms with van der Waals surface area (Å²) in [5, 5.41) is 7.59. The van der Waals surface area contributed by atoms with Crippen LogP contribution in [0.4, 0.5) is 0 Å². The molecule has 30 heavy (non-hydrogen) atoms. The highest BCUT2D eigenvalue weighted by atomic mass is 15.0. The van der Waals surface area contributed by atoms with Crippen LogP contribution in [0.1, 0.15) is 90.0 Å². The summed E-state index contributed by atoms with van der Waals surface area (Å²) >= 11 is 0. The molecule has 2 aromatic heterocycles. The van der Waals surface area contributed by atoms with Gasteiger partial charge in [0.05, 0.1) is 11.4 Å². The van der Waals surface area contributed by atoms with Gasteiger partial charge in [0.25, 0.3) is 0 Å². The Labute approximate surface area is 183 Å². The number of hydrogen-bond donors (Lipinski definition) is 2. The van der Waals surface area contributed by atoms with E-state index in [1.807, 2.05) is 0 Å². The largest absolute Gasteiger partial charge is 0.307 e. The standard InChI is InChI=1S/C26H40N4/c1-25(2,3)23-15-9-11-19(29-23)17-27-21-13-7-8-14-22(21)28-18-20-12-10-16-24(30-20)26(4,5)6/h9-12,15-16,21-22,27-28H,7-8,13-14,17-18H2,1-6H3/t21-,22-/m1/s1. The molecule has 2 N–H and O–H groups in total. The molecule has 1 aliphatic rings. The highest BCUT2D eigenvalue weighted by Gasteiger charge is 2.25. The summed E-state index contributed by atoms with van der Waals surface area (Å²) in [5.41, 5.74) is 4.74. The molecular formula is C26H40N4. The number of rotatable bonds is 6. The second kappa shape index (κ2) is 9.57. The van der Waals surface area contributed by atoms with Crippen LogP contribution in [0.15, 0.2) is 36.4 Å². The van der Waals surface area contributed by atoms with Crippen molar-refractivity contribution in [2.45, 2.75) is 103 Å². The molecule has 2 heterocycles. The van der Waals surface area contributed by atoms with Crippen LogP contribution in [-0.4, -0.2) is 22.1 Å². The third-order valence-corrected chi connectivity index (χ3v) is 6.01. The van der Waals surface area contributed by atoms with Crippen LogP contribution in [0.5, 0.6) is 0 Å². The van der Waals surface area contributed by atoms with Gasteiger partial charge in [-0.1, -0.05) is 66.5 Å². The fourth-order valence-corrected chi connectivity index (χ4v) is 4.08. The molecule has 4 heteroatoms. The number of hydrogen-bond acceptors (Lipinski definition) is 4. The zero-order valence-electron chi connectivity index (χ0n) is 19.8. The minimum atomic E-state index is 0.0829. The Hall–Kier alpha value is -1.78. The molecule has 0 amide bonds. The van der Waals surface area contributed by atoms with E-state index < -0.39 is 0 Å². The zero-order chi connectivity index (χ0) is 21.8. The van der Waals surface area contributed by atoms with E-state index in [0.717, 1.165) is 35.9 Å². The van der Waals surface area contributed by atoms with Gasteiger partial charge in [-0.15, -0.1) is 0 Å². The molecule has 3 rings (SSSR count). The van der Waals surface area contributed by atoms with E-state index in [1.165, 1.54) is 25.7 Å². The van der Waals surface area contributed by atoms with E-state index >= 15 is 0 Å². The van der Waals surface area contributed by atoms with Gasteiger partial charge in [-0.3, -0.25) is 9.97 Å². The molecule has 0 aliphatic heterocycles. The number of pyridine rings is 2. The third-order valence-electron chi connectivity index (χ3n) is 6.01. The molecule has 0 bridgehead atoms. The van der Waals surface area contributed by atoms with Crippen molar-refractivity contribution < 1.29 is 0 Å². The van der Waals surface area contributed by atoms with E-state index in [-0.39, 0.29) is 10.8 Å². The van der Waals surface area contributed by atoms with E-state index in [4.69, 9.17) is 9.97 Å². The van der Waals surface area contributed by atoms with Crippen molar-refractivity contribution in [2.75, 3.05) is 0 Å². The normalized spacial score (nSPS) is 20.3. The van der Waals surface area contributed by atoms with Gasteiger partial charge in [-0.2, -0.15) is 0 Å². The lowest BCUT2D eigenvalue weighted by Gasteiger charge is -2.33. The summed E-state index contributed by atoms with van der Waals surface area (Å²) in [7, 11) is 0. The van der Waals surface area contributed by atoms with Crippen LogP contribution in [0, 0.1) is 0 Å². The fourth-order valence-electron chi connectivity index (χ4n) is 4.08. The molecule has 1 fully saturated rings. The van der Waals surface area contributed by atoms with Crippen molar-refractivity contribution in [1.29, 1.82) is 0 Å². The first kappa shape index (κ1) is 22.9. The molecule has 2 atom stereocenters. The average Bonchev–Trinajstić information content (AvgIpc) is 2.70.